The molecule has 0 saturated heterocycles. The van der Waals surface area contributed by atoms with Gasteiger partial charge in [-0.05, 0) is 45.2 Å². The number of carbonyl (C=O) groups excluding carboxylic acids is 1. The Morgan fingerprint density at radius 2 is 1.88 bits per heavy atom. The van der Waals surface area contributed by atoms with E-state index in [2.05, 4.69) is 15.3 Å². The summed E-state index contributed by atoms with van der Waals surface area (Å²) >= 11 is 1.26. The van der Waals surface area contributed by atoms with Crippen molar-refractivity contribution in [2.45, 2.75) is 57.9 Å². The van der Waals surface area contributed by atoms with Gasteiger partial charge in [0.05, 0.1) is 5.25 Å². The van der Waals surface area contributed by atoms with Gasteiger partial charge in [-0.1, -0.05) is 42.8 Å². The van der Waals surface area contributed by atoms with Gasteiger partial charge >= 0.3 is 0 Å². The average molecular weight is 359 g/mol. The minimum atomic E-state index is -0.375. The molecule has 0 aliphatic heterocycles. The number of nitrogens with one attached hydrogen (secondary N) is 2. The zero-order valence-electron chi connectivity index (χ0n) is 15.4. The Balaban J connectivity index is 2.12. The van der Waals surface area contributed by atoms with Crippen LogP contribution < -0.4 is 10.9 Å². The number of thioether (sulfide) groups is 1. The predicted molar refractivity (Wildman–Crippen MR) is 103 cm³/mol. The molecule has 0 unspecified atom stereocenters. The van der Waals surface area contributed by atoms with E-state index in [-0.39, 0.29) is 16.7 Å². The molecule has 2 N–H and O–H groups in total. The van der Waals surface area contributed by atoms with Crippen molar-refractivity contribution in [3.63, 3.8) is 0 Å². The monoisotopic (exact) mass is 359 g/mol. The molecule has 1 atom stereocenters. The Kier molecular flexibility index (Phi) is 6.42. The first-order chi connectivity index (χ1) is 11.8. The fraction of sp³-hybridized carbons (Fsp3) is 0.421. The number of aromatic amines is 1. The molecule has 5 nitrogen and oxygen atoms in total. The molecule has 2 aromatic rings. The number of aryl methyl sites for hydroxylation is 4. The molecule has 0 bridgehead atoms. The first kappa shape index (κ1) is 19.2. The Labute approximate surface area is 152 Å². The van der Waals surface area contributed by atoms with Crippen molar-refractivity contribution in [2.24, 2.45) is 0 Å². The van der Waals surface area contributed by atoms with E-state index in [9.17, 15) is 9.59 Å². The van der Waals surface area contributed by atoms with E-state index in [1.807, 2.05) is 46.8 Å². The van der Waals surface area contributed by atoms with E-state index in [0.29, 0.717) is 5.16 Å². The van der Waals surface area contributed by atoms with Gasteiger partial charge in [-0.2, -0.15) is 0 Å². The smallest absolute Gasteiger partial charge is 0.251 e. The van der Waals surface area contributed by atoms with Crippen LogP contribution in [0.5, 0.6) is 0 Å². The highest BCUT2D eigenvalue weighted by Gasteiger charge is 2.18. The predicted octanol–water partition coefficient (Wildman–Crippen LogP) is 3.77. The van der Waals surface area contributed by atoms with Crippen LogP contribution in [0.1, 0.15) is 42.7 Å². The van der Waals surface area contributed by atoms with Gasteiger partial charge in [0, 0.05) is 17.4 Å². The maximum absolute atomic E-state index is 12.5. The van der Waals surface area contributed by atoms with Crippen molar-refractivity contribution in [1.82, 2.24) is 9.97 Å². The second-order valence-corrected chi connectivity index (χ2v) is 7.64. The van der Waals surface area contributed by atoms with Crippen LogP contribution in [0.2, 0.25) is 0 Å². The van der Waals surface area contributed by atoms with Crippen LogP contribution in [-0.2, 0) is 11.2 Å². The highest BCUT2D eigenvalue weighted by Crippen LogP contribution is 2.25. The number of aromatic nitrogens is 2. The number of anilines is 1. The first-order valence-electron chi connectivity index (χ1n) is 8.45. The molecular formula is C19H25N3O2S. The molecule has 1 aromatic carbocycles. The van der Waals surface area contributed by atoms with E-state index in [0.717, 1.165) is 35.3 Å². The summed E-state index contributed by atoms with van der Waals surface area (Å²) in [6.45, 7) is 9.86. The third kappa shape index (κ3) is 5.19. The molecule has 0 aliphatic carbocycles. The quantitative estimate of drug-likeness (QED) is 0.608. The molecule has 6 heteroatoms. The third-order valence-corrected chi connectivity index (χ3v) is 4.85. The second-order valence-electron chi connectivity index (χ2n) is 6.31. The van der Waals surface area contributed by atoms with Crippen molar-refractivity contribution in [1.29, 1.82) is 0 Å². The number of benzene rings is 1. The fourth-order valence-electron chi connectivity index (χ4n) is 2.75. The minimum absolute atomic E-state index is 0.108. The summed E-state index contributed by atoms with van der Waals surface area (Å²) in [6, 6.07) is 5.61. The molecule has 2 rings (SSSR count). The molecular weight excluding hydrogens is 334 g/mol. The largest absolute Gasteiger partial charge is 0.325 e. The van der Waals surface area contributed by atoms with Crippen LogP contribution in [-0.4, -0.2) is 21.1 Å². The highest BCUT2D eigenvalue weighted by atomic mass is 32.2. The summed E-state index contributed by atoms with van der Waals surface area (Å²) in [7, 11) is 0. The Morgan fingerprint density at radius 3 is 2.48 bits per heavy atom. The van der Waals surface area contributed by atoms with Gasteiger partial charge in [0.15, 0.2) is 5.16 Å². The van der Waals surface area contributed by atoms with E-state index in [1.54, 1.807) is 0 Å². The van der Waals surface area contributed by atoms with Crippen molar-refractivity contribution >= 4 is 23.4 Å². The number of carbonyl (C=O) groups is 1. The minimum Gasteiger partial charge on any atom is -0.325 e. The van der Waals surface area contributed by atoms with Gasteiger partial charge < -0.3 is 10.3 Å². The van der Waals surface area contributed by atoms with E-state index >= 15 is 0 Å². The zero-order valence-corrected chi connectivity index (χ0v) is 16.2. The topological polar surface area (TPSA) is 74.8 Å². The average Bonchev–Trinajstić information content (AvgIpc) is 2.50. The number of hydrogen-bond donors (Lipinski definition) is 2. The van der Waals surface area contributed by atoms with E-state index in [4.69, 9.17) is 0 Å². The molecule has 1 amide bonds. The number of H-pyrrole nitrogens is 1. The van der Waals surface area contributed by atoms with Crippen molar-refractivity contribution < 1.29 is 4.79 Å². The van der Waals surface area contributed by atoms with Crippen LogP contribution >= 0.6 is 11.8 Å². The summed E-state index contributed by atoms with van der Waals surface area (Å²) in [4.78, 5) is 31.4. The fourth-order valence-corrected chi connectivity index (χ4v) is 3.58. The van der Waals surface area contributed by atoms with Gasteiger partial charge in [-0.3, -0.25) is 9.59 Å². The highest BCUT2D eigenvalue weighted by molar-refractivity contribution is 8.00. The van der Waals surface area contributed by atoms with Gasteiger partial charge in [-0.15, -0.1) is 0 Å². The lowest BCUT2D eigenvalue weighted by Crippen LogP contribution is -2.24. The van der Waals surface area contributed by atoms with E-state index < -0.39 is 0 Å². The number of rotatable bonds is 6. The number of hydrogen-bond acceptors (Lipinski definition) is 4. The molecule has 0 fully saturated rings. The Hall–Kier alpha value is -2.08. The standard InChI is InChI=1S/C19H25N3O2S/c1-6-7-15-10-16(23)21-19(20-15)25-14(5)18(24)22-17-12(3)8-11(2)9-13(17)4/h8-10,14H,6-7H2,1-5H3,(H,22,24)(H,20,21,23)/t14-/m0/s1. The van der Waals surface area contributed by atoms with Crippen LogP contribution in [0.4, 0.5) is 5.69 Å². The molecule has 0 aliphatic rings. The molecule has 1 heterocycles. The van der Waals surface area contributed by atoms with E-state index in [1.165, 1.54) is 23.4 Å². The molecule has 0 radical (unpaired) electrons. The summed E-state index contributed by atoms with van der Waals surface area (Å²) in [6.07, 6.45) is 1.67. The molecule has 25 heavy (non-hydrogen) atoms. The van der Waals surface area contributed by atoms with Crippen LogP contribution in [0, 0.1) is 20.8 Å². The lowest BCUT2D eigenvalue weighted by atomic mass is 10.1. The van der Waals surface area contributed by atoms with Gasteiger partial charge in [0.2, 0.25) is 5.91 Å². The van der Waals surface area contributed by atoms with Gasteiger partial charge in [-0.25, -0.2) is 4.98 Å². The number of amides is 1. The Bertz CT molecular complexity index is 807. The van der Waals surface area contributed by atoms with Crippen LogP contribution in [0.3, 0.4) is 0 Å². The lowest BCUT2D eigenvalue weighted by molar-refractivity contribution is -0.115. The summed E-state index contributed by atoms with van der Waals surface area (Å²) in [5.74, 6) is -0.108. The first-order valence-corrected chi connectivity index (χ1v) is 9.33. The molecule has 134 valence electrons. The van der Waals surface area contributed by atoms with Crippen molar-refractivity contribution in [3.05, 3.63) is 50.9 Å². The van der Waals surface area contributed by atoms with Gasteiger partial charge in [0.1, 0.15) is 0 Å². The summed E-state index contributed by atoms with van der Waals surface area (Å²) in [5.41, 5.74) is 4.68. The number of nitrogens with zero attached hydrogens (tertiary/aromatic N) is 1. The zero-order chi connectivity index (χ0) is 18.6. The Morgan fingerprint density at radius 1 is 1.24 bits per heavy atom. The SMILES string of the molecule is CCCc1cc(=O)[nH]c(S[C@@H](C)C(=O)Nc2c(C)cc(C)cc2C)n1. The summed E-state index contributed by atoms with van der Waals surface area (Å²) in [5, 5.41) is 3.11. The molecule has 1 aromatic heterocycles. The van der Waals surface area contributed by atoms with Crippen LogP contribution in [0.15, 0.2) is 28.2 Å². The summed E-state index contributed by atoms with van der Waals surface area (Å²) < 4.78 is 0. The lowest BCUT2D eigenvalue weighted by Gasteiger charge is -2.16. The maximum Gasteiger partial charge on any atom is 0.251 e. The van der Waals surface area contributed by atoms with Gasteiger partial charge in [0.25, 0.3) is 5.56 Å². The maximum atomic E-state index is 12.5. The van der Waals surface area contributed by atoms with Crippen molar-refractivity contribution in [2.75, 3.05) is 5.32 Å². The third-order valence-electron chi connectivity index (χ3n) is 3.86. The second kappa shape index (κ2) is 8.34. The van der Waals surface area contributed by atoms with Crippen LogP contribution in [0.25, 0.3) is 0 Å². The molecule has 0 spiro atoms. The molecule has 0 saturated carbocycles. The van der Waals surface area contributed by atoms with Crippen molar-refractivity contribution in [3.8, 4) is 0 Å². The normalized spacial score (nSPS) is 12.0.